The van der Waals surface area contributed by atoms with Crippen molar-refractivity contribution in [3.8, 4) is 0 Å². The fourth-order valence-corrected chi connectivity index (χ4v) is 3.49. The van der Waals surface area contributed by atoms with E-state index in [9.17, 15) is 0 Å². The highest BCUT2D eigenvalue weighted by atomic mass is 79.9. The Labute approximate surface area is 131 Å². The van der Waals surface area contributed by atoms with Crippen molar-refractivity contribution in [3.63, 3.8) is 0 Å². The third-order valence-electron chi connectivity index (χ3n) is 3.90. The fourth-order valence-electron chi connectivity index (χ4n) is 3.10. The summed E-state index contributed by atoms with van der Waals surface area (Å²) in [4.78, 5) is 9.19. The van der Waals surface area contributed by atoms with E-state index in [1.165, 1.54) is 19.3 Å². The van der Waals surface area contributed by atoms with Gasteiger partial charge in [-0.3, -0.25) is 0 Å². The summed E-state index contributed by atoms with van der Waals surface area (Å²) in [6.07, 6.45) is 3.81. The number of hydrogen-bond acceptors (Lipinski definition) is 3. The Kier molecular flexibility index (Phi) is 4.73. The minimum Gasteiger partial charge on any atom is -0.367 e. The maximum absolute atomic E-state index is 4.70. The average molecular weight is 340 g/mol. The number of hydrogen-bond donors (Lipinski definition) is 1. The molecular weight excluding hydrogens is 314 g/mol. The molecule has 1 aromatic heterocycles. The van der Waals surface area contributed by atoms with Crippen molar-refractivity contribution < 1.29 is 0 Å². The minimum atomic E-state index is -0.0344. The van der Waals surface area contributed by atoms with Crippen molar-refractivity contribution in [2.75, 3.05) is 5.32 Å². The van der Waals surface area contributed by atoms with Crippen LogP contribution in [0.5, 0.6) is 0 Å². The molecule has 0 amide bonds. The zero-order valence-electron chi connectivity index (χ0n) is 13.2. The lowest BCUT2D eigenvalue weighted by Crippen LogP contribution is -2.31. The first kappa shape index (κ1) is 15.7. The van der Waals surface area contributed by atoms with E-state index in [1.54, 1.807) is 0 Å². The van der Waals surface area contributed by atoms with Crippen molar-refractivity contribution in [1.82, 2.24) is 9.97 Å². The Hall–Kier alpha value is -0.640. The molecule has 0 spiro atoms. The number of aromatic nitrogens is 2. The van der Waals surface area contributed by atoms with E-state index in [2.05, 4.69) is 60.8 Å². The van der Waals surface area contributed by atoms with Gasteiger partial charge in [0.25, 0.3) is 0 Å². The third-order valence-corrected chi connectivity index (χ3v) is 4.30. The van der Waals surface area contributed by atoms with Gasteiger partial charge in [0.15, 0.2) is 0 Å². The lowest BCUT2D eigenvalue weighted by Gasteiger charge is -2.32. The molecule has 1 N–H and O–H groups in total. The predicted octanol–water partition coefficient (Wildman–Crippen LogP) is 4.77. The van der Waals surface area contributed by atoms with Gasteiger partial charge in [-0.05, 0) is 47.0 Å². The first-order valence-corrected chi connectivity index (χ1v) is 8.35. The number of halogens is 1. The molecule has 2 rings (SSSR count). The third kappa shape index (κ3) is 4.18. The summed E-state index contributed by atoms with van der Waals surface area (Å²) in [7, 11) is 0. The highest BCUT2D eigenvalue weighted by Gasteiger charge is 2.25. The standard InChI is InChI=1S/C16H26BrN3/c1-10-6-11(2)8-12(7-10)18-14-9-13(17)19-15(20-14)16(3,4)5/h9-12H,6-8H2,1-5H3,(H,18,19,20). The van der Waals surface area contributed by atoms with Crippen molar-refractivity contribution in [2.24, 2.45) is 11.8 Å². The number of nitrogens with zero attached hydrogens (tertiary/aromatic N) is 2. The van der Waals surface area contributed by atoms with Gasteiger partial charge in [0.2, 0.25) is 0 Å². The van der Waals surface area contributed by atoms with Crippen LogP contribution in [0.15, 0.2) is 10.7 Å². The Balaban J connectivity index is 2.15. The highest BCUT2D eigenvalue weighted by molar-refractivity contribution is 9.10. The van der Waals surface area contributed by atoms with Crippen LogP contribution in [0.2, 0.25) is 0 Å². The second-order valence-electron chi connectivity index (χ2n) is 7.41. The van der Waals surface area contributed by atoms with E-state index >= 15 is 0 Å². The van der Waals surface area contributed by atoms with Gasteiger partial charge in [-0.15, -0.1) is 0 Å². The van der Waals surface area contributed by atoms with E-state index in [1.807, 2.05) is 6.07 Å². The maximum Gasteiger partial charge on any atom is 0.137 e. The lowest BCUT2D eigenvalue weighted by molar-refractivity contribution is 0.280. The molecule has 0 aromatic carbocycles. The first-order valence-electron chi connectivity index (χ1n) is 7.55. The molecule has 112 valence electrons. The molecule has 1 saturated carbocycles. The van der Waals surface area contributed by atoms with Gasteiger partial charge >= 0.3 is 0 Å². The van der Waals surface area contributed by atoms with Crippen LogP contribution in [-0.2, 0) is 5.41 Å². The summed E-state index contributed by atoms with van der Waals surface area (Å²) in [5.41, 5.74) is -0.0344. The van der Waals surface area contributed by atoms with Crippen LogP contribution in [0, 0.1) is 11.8 Å². The molecule has 2 unspecified atom stereocenters. The SMILES string of the molecule is CC1CC(C)CC(Nc2cc(Br)nc(C(C)(C)C)n2)C1. The first-order chi connectivity index (χ1) is 9.24. The van der Waals surface area contributed by atoms with Crippen LogP contribution >= 0.6 is 15.9 Å². The van der Waals surface area contributed by atoms with Crippen LogP contribution in [0.25, 0.3) is 0 Å². The van der Waals surface area contributed by atoms with Crippen molar-refractivity contribution in [3.05, 3.63) is 16.5 Å². The van der Waals surface area contributed by atoms with E-state index in [0.29, 0.717) is 6.04 Å². The molecule has 2 atom stereocenters. The molecule has 0 bridgehead atoms. The quantitative estimate of drug-likeness (QED) is 0.788. The molecule has 1 fully saturated rings. The molecule has 1 heterocycles. The molecule has 4 heteroatoms. The van der Waals surface area contributed by atoms with Gasteiger partial charge in [0.1, 0.15) is 16.2 Å². The molecule has 0 radical (unpaired) electrons. The van der Waals surface area contributed by atoms with Gasteiger partial charge in [0.05, 0.1) is 0 Å². The fraction of sp³-hybridized carbons (Fsp3) is 0.750. The average Bonchev–Trinajstić information content (AvgIpc) is 2.25. The summed E-state index contributed by atoms with van der Waals surface area (Å²) in [6.45, 7) is 11.1. The summed E-state index contributed by atoms with van der Waals surface area (Å²) < 4.78 is 0.858. The van der Waals surface area contributed by atoms with E-state index in [0.717, 1.165) is 28.1 Å². The van der Waals surface area contributed by atoms with E-state index in [-0.39, 0.29) is 5.41 Å². The molecule has 1 aromatic rings. The van der Waals surface area contributed by atoms with Gasteiger partial charge in [-0.1, -0.05) is 34.6 Å². The zero-order chi connectivity index (χ0) is 14.9. The van der Waals surface area contributed by atoms with E-state index < -0.39 is 0 Å². The Bertz CT molecular complexity index is 457. The van der Waals surface area contributed by atoms with Gasteiger partial charge < -0.3 is 5.32 Å². The Morgan fingerprint density at radius 1 is 1.10 bits per heavy atom. The zero-order valence-corrected chi connectivity index (χ0v) is 14.8. The van der Waals surface area contributed by atoms with Gasteiger partial charge in [-0.2, -0.15) is 0 Å². The summed E-state index contributed by atoms with van der Waals surface area (Å²) in [5, 5.41) is 3.61. The summed E-state index contributed by atoms with van der Waals surface area (Å²) in [5.74, 6) is 3.42. The second kappa shape index (κ2) is 6.00. The smallest absolute Gasteiger partial charge is 0.137 e. The molecular formula is C16H26BrN3. The lowest BCUT2D eigenvalue weighted by atomic mass is 9.80. The monoisotopic (exact) mass is 339 g/mol. The molecule has 0 aliphatic heterocycles. The van der Waals surface area contributed by atoms with Crippen molar-refractivity contribution >= 4 is 21.7 Å². The summed E-state index contributed by atoms with van der Waals surface area (Å²) >= 11 is 3.50. The van der Waals surface area contributed by atoms with Crippen LogP contribution in [0.4, 0.5) is 5.82 Å². The molecule has 20 heavy (non-hydrogen) atoms. The van der Waals surface area contributed by atoms with Crippen LogP contribution in [0.3, 0.4) is 0 Å². The molecule has 1 aliphatic rings. The topological polar surface area (TPSA) is 37.8 Å². The Morgan fingerprint density at radius 2 is 1.70 bits per heavy atom. The molecule has 3 nitrogen and oxygen atoms in total. The molecule has 1 aliphatic carbocycles. The maximum atomic E-state index is 4.70. The van der Waals surface area contributed by atoms with Gasteiger partial charge in [0, 0.05) is 17.5 Å². The highest BCUT2D eigenvalue weighted by Crippen LogP contribution is 2.31. The molecule has 0 saturated heterocycles. The largest absolute Gasteiger partial charge is 0.367 e. The number of anilines is 1. The van der Waals surface area contributed by atoms with Crippen molar-refractivity contribution in [1.29, 1.82) is 0 Å². The van der Waals surface area contributed by atoms with Crippen LogP contribution in [-0.4, -0.2) is 16.0 Å². The number of nitrogens with one attached hydrogen (secondary N) is 1. The van der Waals surface area contributed by atoms with Crippen molar-refractivity contribution in [2.45, 2.75) is 65.3 Å². The number of rotatable bonds is 2. The summed E-state index contributed by atoms with van der Waals surface area (Å²) in [6, 6.07) is 2.52. The van der Waals surface area contributed by atoms with E-state index in [4.69, 9.17) is 4.98 Å². The van der Waals surface area contributed by atoms with Crippen LogP contribution in [0.1, 0.15) is 59.7 Å². The Morgan fingerprint density at radius 3 is 2.25 bits per heavy atom. The van der Waals surface area contributed by atoms with Gasteiger partial charge in [-0.25, -0.2) is 9.97 Å². The minimum absolute atomic E-state index is 0.0344. The predicted molar refractivity (Wildman–Crippen MR) is 88.0 cm³/mol. The normalized spacial score (nSPS) is 27.4. The van der Waals surface area contributed by atoms with Crippen LogP contribution < -0.4 is 5.32 Å². The second-order valence-corrected chi connectivity index (χ2v) is 8.22.